The van der Waals surface area contributed by atoms with Gasteiger partial charge in [0.05, 0.1) is 17.6 Å². The van der Waals surface area contributed by atoms with Crippen LogP contribution in [0.25, 0.3) is 0 Å². The van der Waals surface area contributed by atoms with E-state index >= 15 is 0 Å². The molecule has 0 fully saturated rings. The predicted octanol–water partition coefficient (Wildman–Crippen LogP) is 3.28. The quantitative estimate of drug-likeness (QED) is 0.637. The summed E-state index contributed by atoms with van der Waals surface area (Å²) in [5.41, 5.74) is 3.71. The van der Waals surface area contributed by atoms with Crippen molar-refractivity contribution >= 4 is 28.9 Å². The first-order chi connectivity index (χ1) is 13.7. The summed E-state index contributed by atoms with van der Waals surface area (Å²) in [5.74, 6) is 0.288. The molecule has 1 aromatic heterocycles. The molecule has 1 aliphatic heterocycles. The van der Waals surface area contributed by atoms with E-state index in [0.717, 1.165) is 11.3 Å². The minimum absolute atomic E-state index is 0.0184. The van der Waals surface area contributed by atoms with Gasteiger partial charge in [0.1, 0.15) is 5.75 Å². The van der Waals surface area contributed by atoms with Gasteiger partial charge in [-0.1, -0.05) is 12.1 Å². The van der Waals surface area contributed by atoms with Crippen LogP contribution in [0.4, 0.5) is 17.1 Å². The largest absolute Gasteiger partial charge is 0.482 e. The topological polar surface area (TPSA) is 92.3 Å². The Balaban J connectivity index is 1.41. The molecule has 0 spiro atoms. The van der Waals surface area contributed by atoms with Crippen molar-refractivity contribution in [2.45, 2.75) is 6.54 Å². The Bertz CT molecular complexity index is 1020. The van der Waals surface area contributed by atoms with Gasteiger partial charge in [0.25, 0.3) is 11.8 Å². The molecule has 0 bridgehead atoms. The third kappa shape index (κ3) is 4.09. The molecule has 7 nitrogen and oxygen atoms in total. The smallest absolute Gasteiger partial charge is 0.262 e. The molecular weight excluding hydrogens is 356 g/mol. The highest BCUT2D eigenvalue weighted by Gasteiger charge is 2.15. The van der Waals surface area contributed by atoms with Crippen LogP contribution in [0.1, 0.15) is 15.9 Å². The fourth-order valence-electron chi connectivity index (χ4n) is 2.85. The van der Waals surface area contributed by atoms with Crippen molar-refractivity contribution < 1.29 is 14.3 Å². The summed E-state index contributed by atoms with van der Waals surface area (Å²) >= 11 is 0. The van der Waals surface area contributed by atoms with Gasteiger partial charge in [-0.25, -0.2) is 0 Å². The number of benzene rings is 2. The Morgan fingerprint density at radius 3 is 2.89 bits per heavy atom. The van der Waals surface area contributed by atoms with Gasteiger partial charge in [0.2, 0.25) is 0 Å². The second kappa shape index (κ2) is 7.79. The number of fused-ring (bicyclic) bond motifs is 1. The highest BCUT2D eigenvalue weighted by molar-refractivity contribution is 6.04. The standard InChI is InChI=1S/C21H18N4O3/c26-20-13-28-19-10-16(6-7-18(19)25-20)23-11-14-3-1-4-15(9-14)21(27)24-17-5-2-8-22-12-17/h1-10,12,23H,11,13H2,(H,24,27)(H,25,26). The SMILES string of the molecule is O=C1COc2cc(NCc3cccc(C(=O)Nc4cccnc4)c3)ccc2N1. The lowest BCUT2D eigenvalue weighted by Crippen LogP contribution is -2.25. The van der Waals surface area contributed by atoms with Crippen LogP contribution < -0.4 is 20.7 Å². The molecule has 2 aromatic carbocycles. The average Bonchev–Trinajstić information content (AvgIpc) is 2.73. The van der Waals surface area contributed by atoms with Gasteiger partial charge in [-0.2, -0.15) is 0 Å². The van der Waals surface area contributed by atoms with Gasteiger partial charge < -0.3 is 20.7 Å². The van der Waals surface area contributed by atoms with Gasteiger partial charge in [-0.3, -0.25) is 14.6 Å². The lowest BCUT2D eigenvalue weighted by Gasteiger charge is -2.19. The molecule has 0 atom stereocenters. The van der Waals surface area contributed by atoms with Gasteiger partial charge in [0.15, 0.2) is 6.61 Å². The van der Waals surface area contributed by atoms with E-state index in [1.807, 2.05) is 30.3 Å². The lowest BCUT2D eigenvalue weighted by molar-refractivity contribution is -0.118. The zero-order valence-corrected chi connectivity index (χ0v) is 14.9. The molecular formula is C21H18N4O3. The number of pyridine rings is 1. The summed E-state index contributed by atoms with van der Waals surface area (Å²) in [7, 11) is 0. The minimum Gasteiger partial charge on any atom is -0.482 e. The molecule has 2 amide bonds. The molecule has 1 aliphatic rings. The Kier molecular flexibility index (Phi) is 4.88. The molecule has 3 aromatic rings. The molecule has 7 heteroatoms. The van der Waals surface area contributed by atoms with Crippen molar-refractivity contribution in [3.63, 3.8) is 0 Å². The van der Waals surface area contributed by atoms with Crippen molar-refractivity contribution in [2.24, 2.45) is 0 Å². The normalized spacial score (nSPS) is 12.4. The number of carbonyl (C=O) groups excluding carboxylic acids is 2. The van der Waals surface area contributed by atoms with E-state index in [9.17, 15) is 9.59 Å². The predicted molar refractivity (Wildman–Crippen MR) is 107 cm³/mol. The van der Waals surface area contributed by atoms with Crippen LogP contribution in [-0.4, -0.2) is 23.4 Å². The van der Waals surface area contributed by atoms with Crippen LogP contribution in [0.15, 0.2) is 67.0 Å². The summed E-state index contributed by atoms with van der Waals surface area (Å²) < 4.78 is 5.43. The first-order valence-corrected chi connectivity index (χ1v) is 8.78. The van der Waals surface area contributed by atoms with Crippen molar-refractivity contribution in [1.82, 2.24) is 4.98 Å². The number of ether oxygens (including phenoxy) is 1. The molecule has 140 valence electrons. The van der Waals surface area contributed by atoms with Crippen LogP contribution in [0, 0.1) is 0 Å². The van der Waals surface area contributed by atoms with E-state index in [1.165, 1.54) is 0 Å². The van der Waals surface area contributed by atoms with E-state index in [2.05, 4.69) is 20.9 Å². The van der Waals surface area contributed by atoms with E-state index in [4.69, 9.17) is 4.74 Å². The molecule has 0 radical (unpaired) electrons. The van der Waals surface area contributed by atoms with Crippen LogP contribution in [0.2, 0.25) is 0 Å². The maximum absolute atomic E-state index is 12.4. The molecule has 0 unspecified atom stereocenters. The maximum atomic E-state index is 12.4. The Labute approximate surface area is 161 Å². The monoisotopic (exact) mass is 374 g/mol. The number of hydrogen-bond acceptors (Lipinski definition) is 5. The summed E-state index contributed by atoms with van der Waals surface area (Å²) in [5, 5.41) is 8.89. The van der Waals surface area contributed by atoms with Gasteiger partial charge in [-0.05, 0) is 42.0 Å². The number of rotatable bonds is 5. The third-order valence-electron chi connectivity index (χ3n) is 4.22. The maximum Gasteiger partial charge on any atom is 0.262 e. The van der Waals surface area contributed by atoms with Crippen LogP contribution in [0.5, 0.6) is 5.75 Å². The number of amides is 2. The number of anilines is 3. The van der Waals surface area contributed by atoms with Crippen molar-refractivity contribution in [1.29, 1.82) is 0 Å². The summed E-state index contributed by atoms with van der Waals surface area (Å²) in [6.07, 6.45) is 3.26. The Morgan fingerprint density at radius 1 is 1.11 bits per heavy atom. The van der Waals surface area contributed by atoms with Crippen molar-refractivity contribution in [3.8, 4) is 5.75 Å². The number of nitrogens with one attached hydrogen (secondary N) is 3. The zero-order valence-electron chi connectivity index (χ0n) is 14.9. The summed E-state index contributed by atoms with van der Waals surface area (Å²) in [4.78, 5) is 27.7. The Hall–Kier alpha value is -3.87. The molecule has 28 heavy (non-hydrogen) atoms. The number of hydrogen-bond donors (Lipinski definition) is 3. The van der Waals surface area contributed by atoms with Gasteiger partial charge in [-0.15, -0.1) is 0 Å². The summed E-state index contributed by atoms with van der Waals surface area (Å²) in [6.45, 7) is 0.559. The van der Waals surface area contributed by atoms with Crippen LogP contribution in [0.3, 0.4) is 0 Å². The highest BCUT2D eigenvalue weighted by Crippen LogP contribution is 2.30. The van der Waals surface area contributed by atoms with Gasteiger partial charge >= 0.3 is 0 Å². The molecule has 4 rings (SSSR count). The second-order valence-electron chi connectivity index (χ2n) is 6.30. The number of carbonyl (C=O) groups is 2. The molecule has 3 N–H and O–H groups in total. The first-order valence-electron chi connectivity index (χ1n) is 8.78. The fourth-order valence-corrected chi connectivity index (χ4v) is 2.85. The number of aromatic nitrogens is 1. The van der Waals surface area contributed by atoms with E-state index in [-0.39, 0.29) is 18.4 Å². The summed E-state index contributed by atoms with van der Waals surface area (Å²) in [6, 6.07) is 16.5. The van der Waals surface area contributed by atoms with Crippen molar-refractivity contribution in [3.05, 3.63) is 78.1 Å². The lowest BCUT2D eigenvalue weighted by atomic mass is 10.1. The van der Waals surface area contributed by atoms with Crippen LogP contribution in [-0.2, 0) is 11.3 Å². The zero-order chi connectivity index (χ0) is 19.3. The average molecular weight is 374 g/mol. The number of nitrogens with zero attached hydrogens (tertiary/aromatic N) is 1. The molecule has 2 heterocycles. The molecule has 0 saturated heterocycles. The second-order valence-corrected chi connectivity index (χ2v) is 6.30. The Morgan fingerprint density at radius 2 is 2.04 bits per heavy atom. The molecule has 0 aliphatic carbocycles. The van der Waals surface area contributed by atoms with E-state index < -0.39 is 0 Å². The minimum atomic E-state index is -0.187. The molecule has 0 saturated carbocycles. The first kappa shape index (κ1) is 17.5. The highest BCUT2D eigenvalue weighted by atomic mass is 16.5. The van der Waals surface area contributed by atoms with Crippen LogP contribution >= 0.6 is 0 Å². The third-order valence-corrected chi connectivity index (χ3v) is 4.22. The fraction of sp³-hybridized carbons (Fsp3) is 0.0952. The van der Waals surface area contributed by atoms with Gasteiger partial charge in [0, 0.05) is 30.1 Å². The van der Waals surface area contributed by atoms with E-state index in [1.54, 1.807) is 36.7 Å². The van der Waals surface area contributed by atoms with Crippen molar-refractivity contribution in [2.75, 3.05) is 22.6 Å². The van der Waals surface area contributed by atoms with E-state index in [0.29, 0.717) is 29.2 Å².